The van der Waals surface area contributed by atoms with Crippen molar-refractivity contribution in [3.63, 3.8) is 0 Å². The average molecular weight is 301 g/mol. The Morgan fingerprint density at radius 1 is 1.14 bits per heavy atom. The Morgan fingerprint density at radius 3 is 2.36 bits per heavy atom. The highest BCUT2D eigenvalue weighted by Gasteiger charge is 2.28. The van der Waals surface area contributed by atoms with Gasteiger partial charge in [-0.05, 0) is 40.2 Å². The van der Waals surface area contributed by atoms with E-state index in [1.165, 1.54) is 0 Å². The molecule has 1 aromatic heterocycles. The van der Waals surface area contributed by atoms with Crippen LogP contribution in [0.5, 0.6) is 0 Å². The zero-order chi connectivity index (χ0) is 16.4. The molecule has 2 aromatic rings. The van der Waals surface area contributed by atoms with Crippen molar-refractivity contribution in [2.24, 2.45) is 0 Å². The largest absolute Gasteiger partial charge is 0.444 e. The van der Waals surface area contributed by atoms with Crippen LogP contribution in [0, 0.1) is 0 Å². The van der Waals surface area contributed by atoms with Crippen LogP contribution in [0.15, 0.2) is 36.5 Å². The second-order valence-electron chi connectivity index (χ2n) is 6.76. The molecule has 0 atom stereocenters. The summed E-state index contributed by atoms with van der Waals surface area (Å²) in [7, 11) is 0. The maximum absolute atomic E-state index is 11.9. The minimum absolute atomic E-state index is 0.463. The minimum atomic E-state index is -0.657. The number of imidazole rings is 1. The summed E-state index contributed by atoms with van der Waals surface area (Å²) in [5.74, 6) is 0.678. The monoisotopic (exact) mass is 301 g/mol. The molecule has 2 rings (SSSR count). The van der Waals surface area contributed by atoms with Crippen LogP contribution in [-0.4, -0.2) is 21.7 Å². The van der Waals surface area contributed by atoms with Crippen LogP contribution in [0.25, 0.3) is 11.3 Å². The number of H-pyrrole nitrogens is 1. The van der Waals surface area contributed by atoms with Crippen LogP contribution in [-0.2, 0) is 10.3 Å². The Balaban J connectivity index is 2.13. The number of aromatic amines is 1. The fourth-order valence-electron chi connectivity index (χ4n) is 2.02. The fourth-order valence-corrected chi connectivity index (χ4v) is 2.02. The highest BCUT2D eigenvalue weighted by atomic mass is 16.6. The standard InChI is InChI=1S/C17H23N3O2/c1-16(2,3)22-15(21)20-17(4,5)14-18-11-13(19-14)12-9-7-6-8-10-12/h6-11H,1-5H3,(H,18,19)(H,20,21). The van der Waals surface area contributed by atoms with Crippen LogP contribution in [0.3, 0.4) is 0 Å². The molecule has 1 amide bonds. The Bertz CT molecular complexity index is 639. The first-order valence-electron chi connectivity index (χ1n) is 7.29. The lowest BCUT2D eigenvalue weighted by Gasteiger charge is -2.27. The number of carbonyl (C=O) groups is 1. The van der Waals surface area contributed by atoms with E-state index in [-0.39, 0.29) is 0 Å². The molecule has 0 aliphatic carbocycles. The zero-order valence-corrected chi connectivity index (χ0v) is 13.7. The molecule has 118 valence electrons. The van der Waals surface area contributed by atoms with Gasteiger partial charge in [0.2, 0.25) is 0 Å². The Morgan fingerprint density at radius 2 is 1.77 bits per heavy atom. The number of ether oxygens (including phenoxy) is 1. The van der Waals surface area contributed by atoms with Gasteiger partial charge < -0.3 is 15.0 Å². The summed E-state index contributed by atoms with van der Waals surface area (Å²) in [4.78, 5) is 19.6. The van der Waals surface area contributed by atoms with Gasteiger partial charge in [0, 0.05) is 0 Å². The molecule has 0 fully saturated rings. The predicted octanol–water partition coefficient (Wildman–Crippen LogP) is 3.84. The number of benzene rings is 1. The van der Waals surface area contributed by atoms with Crippen LogP contribution in [0.2, 0.25) is 0 Å². The maximum atomic E-state index is 11.9. The third-order valence-electron chi connectivity index (χ3n) is 3.07. The second-order valence-corrected chi connectivity index (χ2v) is 6.76. The normalized spacial score (nSPS) is 12.0. The van der Waals surface area contributed by atoms with Gasteiger partial charge in [0.25, 0.3) is 0 Å². The molecule has 0 saturated carbocycles. The van der Waals surface area contributed by atoms with Crippen molar-refractivity contribution in [1.29, 1.82) is 0 Å². The number of amides is 1. The van der Waals surface area contributed by atoms with Crippen molar-refractivity contribution >= 4 is 6.09 Å². The molecule has 0 spiro atoms. The van der Waals surface area contributed by atoms with Crippen molar-refractivity contribution in [3.8, 4) is 11.3 Å². The van der Waals surface area contributed by atoms with E-state index in [2.05, 4.69) is 15.3 Å². The number of nitrogens with zero attached hydrogens (tertiary/aromatic N) is 1. The topological polar surface area (TPSA) is 67.0 Å². The Hall–Kier alpha value is -2.30. The number of alkyl carbamates (subject to hydrolysis) is 1. The molecule has 5 nitrogen and oxygen atoms in total. The lowest BCUT2D eigenvalue weighted by Crippen LogP contribution is -2.44. The van der Waals surface area contributed by atoms with Gasteiger partial charge in [0.15, 0.2) is 0 Å². The number of carbonyl (C=O) groups excluding carboxylic acids is 1. The maximum Gasteiger partial charge on any atom is 0.408 e. The first kappa shape index (κ1) is 16.1. The van der Waals surface area contributed by atoms with Crippen molar-refractivity contribution in [3.05, 3.63) is 42.4 Å². The van der Waals surface area contributed by atoms with Gasteiger partial charge in [-0.1, -0.05) is 30.3 Å². The van der Waals surface area contributed by atoms with Crippen LogP contribution in [0.4, 0.5) is 4.79 Å². The lowest BCUT2D eigenvalue weighted by molar-refractivity contribution is 0.0466. The smallest absolute Gasteiger partial charge is 0.408 e. The second kappa shape index (κ2) is 5.83. The molecule has 0 saturated heterocycles. The Labute approximate surface area is 131 Å². The fraction of sp³-hybridized carbons (Fsp3) is 0.412. The summed E-state index contributed by atoms with van der Waals surface area (Å²) in [6.45, 7) is 9.26. The zero-order valence-electron chi connectivity index (χ0n) is 13.7. The van der Waals surface area contributed by atoms with Gasteiger partial charge in [-0.25, -0.2) is 9.78 Å². The van der Waals surface area contributed by atoms with Crippen LogP contribution < -0.4 is 5.32 Å². The van der Waals surface area contributed by atoms with E-state index in [4.69, 9.17) is 4.74 Å². The van der Waals surface area contributed by atoms with E-state index in [1.54, 1.807) is 6.20 Å². The highest BCUT2D eigenvalue weighted by Crippen LogP contribution is 2.22. The van der Waals surface area contributed by atoms with Crippen LogP contribution in [0.1, 0.15) is 40.4 Å². The van der Waals surface area contributed by atoms with Gasteiger partial charge in [-0.2, -0.15) is 0 Å². The van der Waals surface area contributed by atoms with Crippen molar-refractivity contribution in [2.45, 2.75) is 45.8 Å². The molecule has 5 heteroatoms. The Kier molecular flexibility index (Phi) is 4.26. The SMILES string of the molecule is CC(C)(C)OC(=O)NC(C)(C)c1ncc(-c2ccccc2)[nH]1. The molecule has 1 heterocycles. The molecular weight excluding hydrogens is 278 g/mol. The van der Waals surface area contributed by atoms with E-state index < -0.39 is 17.2 Å². The molecule has 0 bridgehead atoms. The molecular formula is C17H23N3O2. The summed E-state index contributed by atoms with van der Waals surface area (Å²) in [5.41, 5.74) is 0.775. The quantitative estimate of drug-likeness (QED) is 0.905. The van der Waals surface area contributed by atoms with E-state index >= 15 is 0 Å². The van der Waals surface area contributed by atoms with Crippen molar-refractivity contribution in [2.75, 3.05) is 0 Å². The number of rotatable bonds is 3. The van der Waals surface area contributed by atoms with E-state index in [1.807, 2.05) is 65.0 Å². The van der Waals surface area contributed by atoms with Gasteiger partial charge in [0.1, 0.15) is 11.4 Å². The van der Waals surface area contributed by atoms with Gasteiger partial charge in [0.05, 0.1) is 17.4 Å². The molecule has 2 N–H and O–H groups in total. The molecule has 1 aromatic carbocycles. The summed E-state index contributed by atoms with van der Waals surface area (Å²) >= 11 is 0. The summed E-state index contributed by atoms with van der Waals surface area (Å²) < 4.78 is 5.29. The summed E-state index contributed by atoms with van der Waals surface area (Å²) in [5, 5.41) is 2.84. The number of hydrogen-bond donors (Lipinski definition) is 2. The number of hydrogen-bond acceptors (Lipinski definition) is 3. The van der Waals surface area contributed by atoms with Crippen LogP contribution >= 0.6 is 0 Å². The highest BCUT2D eigenvalue weighted by molar-refractivity contribution is 5.69. The average Bonchev–Trinajstić information content (AvgIpc) is 2.87. The lowest BCUT2D eigenvalue weighted by atomic mass is 10.1. The number of aromatic nitrogens is 2. The predicted molar refractivity (Wildman–Crippen MR) is 86.4 cm³/mol. The number of nitrogens with one attached hydrogen (secondary N) is 2. The third kappa shape index (κ3) is 4.10. The molecule has 0 aliphatic rings. The molecule has 0 unspecified atom stereocenters. The summed E-state index contributed by atoms with van der Waals surface area (Å²) in [6.07, 6.45) is 1.30. The van der Waals surface area contributed by atoms with E-state index in [0.717, 1.165) is 11.3 Å². The minimum Gasteiger partial charge on any atom is -0.444 e. The first-order valence-corrected chi connectivity index (χ1v) is 7.29. The molecule has 22 heavy (non-hydrogen) atoms. The van der Waals surface area contributed by atoms with E-state index in [9.17, 15) is 4.79 Å². The van der Waals surface area contributed by atoms with E-state index in [0.29, 0.717) is 5.82 Å². The van der Waals surface area contributed by atoms with Crippen molar-refractivity contribution in [1.82, 2.24) is 15.3 Å². The molecule has 0 radical (unpaired) electrons. The third-order valence-corrected chi connectivity index (χ3v) is 3.07. The molecule has 0 aliphatic heterocycles. The van der Waals surface area contributed by atoms with Gasteiger partial charge >= 0.3 is 6.09 Å². The summed E-state index contributed by atoms with van der Waals surface area (Å²) in [6, 6.07) is 9.92. The van der Waals surface area contributed by atoms with Gasteiger partial charge in [-0.3, -0.25) is 0 Å². The first-order chi connectivity index (χ1) is 10.2. The van der Waals surface area contributed by atoms with Crippen molar-refractivity contribution < 1.29 is 9.53 Å². The van der Waals surface area contributed by atoms with Gasteiger partial charge in [-0.15, -0.1) is 0 Å².